The number of methoxy groups -OCH3 is 2. The average Bonchev–Trinajstić information content (AvgIpc) is 2.06. The van der Waals surface area contributed by atoms with E-state index in [2.05, 4.69) is 4.72 Å². The molecule has 0 saturated carbocycles. The Hall–Kier alpha value is -0.170. The van der Waals surface area contributed by atoms with E-state index in [1.807, 2.05) is 0 Å². The summed E-state index contributed by atoms with van der Waals surface area (Å²) in [5.41, 5.74) is 0. The maximum Gasteiger partial charge on any atom is 0.211 e. The summed E-state index contributed by atoms with van der Waals surface area (Å²) in [6.45, 7) is 3.26. The zero-order chi connectivity index (χ0) is 10.5. The molecule has 0 spiro atoms. The van der Waals surface area contributed by atoms with Crippen LogP contribution in [0.4, 0.5) is 0 Å². The third-order valence-electron chi connectivity index (χ3n) is 1.62. The van der Waals surface area contributed by atoms with E-state index in [1.165, 1.54) is 14.2 Å². The van der Waals surface area contributed by atoms with Crippen molar-refractivity contribution in [3.8, 4) is 0 Å². The molecule has 5 nitrogen and oxygen atoms in total. The molecule has 0 aromatic rings. The summed E-state index contributed by atoms with van der Waals surface area (Å²) in [4.78, 5) is 0. The Morgan fingerprint density at radius 2 is 1.77 bits per heavy atom. The second-order valence-electron chi connectivity index (χ2n) is 2.65. The van der Waals surface area contributed by atoms with E-state index >= 15 is 0 Å². The molecule has 0 aromatic carbocycles. The molecule has 80 valence electrons. The number of ether oxygens (including phenoxy) is 2. The van der Waals surface area contributed by atoms with E-state index in [0.29, 0.717) is 0 Å². The minimum atomic E-state index is -3.19. The minimum absolute atomic E-state index is 0.0531. The van der Waals surface area contributed by atoms with Crippen LogP contribution in [0.25, 0.3) is 0 Å². The fourth-order valence-electron chi connectivity index (χ4n) is 0.927. The minimum Gasteiger partial charge on any atom is -0.354 e. The van der Waals surface area contributed by atoms with Crippen molar-refractivity contribution in [3.05, 3.63) is 0 Å². The Kier molecular flexibility index (Phi) is 5.46. The molecule has 0 aliphatic carbocycles. The lowest BCUT2D eigenvalue weighted by molar-refractivity contribution is -0.115. The molecule has 0 heterocycles. The van der Waals surface area contributed by atoms with Crippen molar-refractivity contribution in [2.24, 2.45) is 0 Å². The lowest BCUT2D eigenvalue weighted by Gasteiger charge is -2.21. The second kappa shape index (κ2) is 5.54. The smallest absolute Gasteiger partial charge is 0.211 e. The molecule has 0 aromatic heterocycles. The topological polar surface area (TPSA) is 64.6 Å². The highest BCUT2D eigenvalue weighted by Gasteiger charge is 2.20. The van der Waals surface area contributed by atoms with E-state index in [9.17, 15) is 8.42 Å². The maximum absolute atomic E-state index is 11.1. The summed E-state index contributed by atoms with van der Waals surface area (Å²) < 4.78 is 34.5. The number of rotatable bonds is 6. The Morgan fingerprint density at radius 3 is 2.08 bits per heavy atom. The number of nitrogens with one attached hydrogen (secondary N) is 1. The first kappa shape index (κ1) is 12.8. The first-order valence-corrected chi connectivity index (χ1v) is 5.67. The van der Waals surface area contributed by atoms with Crippen molar-refractivity contribution in [1.82, 2.24) is 4.72 Å². The van der Waals surface area contributed by atoms with Crippen LogP contribution in [0.15, 0.2) is 0 Å². The highest BCUT2D eigenvalue weighted by Crippen LogP contribution is 2.00. The number of hydrogen-bond donors (Lipinski definition) is 1. The van der Waals surface area contributed by atoms with E-state index in [4.69, 9.17) is 9.47 Å². The van der Waals surface area contributed by atoms with Crippen LogP contribution in [0.3, 0.4) is 0 Å². The largest absolute Gasteiger partial charge is 0.354 e. The lowest BCUT2D eigenvalue weighted by Crippen LogP contribution is -2.43. The summed E-state index contributed by atoms with van der Waals surface area (Å²) in [7, 11) is -0.268. The zero-order valence-electron chi connectivity index (χ0n) is 8.40. The van der Waals surface area contributed by atoms with Crippen LogP contribution in [0.1, 0.15) is 13.8 Å². The maximum atomic E-state index is 11.1. The van der Waals surface area contributed by atoms with Gasteiger partial charge in [-0.25, -0.2) is 13.1 Å². The predicted octanol–water partition coefficient (Wildman–Crippen LogP) is -0.0669. The van der Waals surface area contributed by atoms with Gasteiger partial charge in [-0.2, -0.15) is 0 Å². The Balaban J connectivity index is 4.21. The van der Waals surface area contributed by atoms with E-state index < -0.39 is 16.3 Å². The van der Waals surface area contributed by atoms with Crippen molar-refractivity contribution in [1.29, 1.82) is 0 Å². The number of hydrogen-bond acceptors (Lipinski definition) is 4. The van der Waals surface area contributed by atoms with Crippen molar-refractivity contribution in [2.45, 2.75) is 26.2 Å². The molecule has 0 fully saturated rings. The van der Waals surface area contributed by atoms with E-state index in [1.54, 1.807) is 13.8 Å². The molecule has 0 radical (unpaired) electrons. The van der Waals surface area contributed by atoms with Gasteiger partial charge < -0.3 is 9.47 Å². The first-order chi connectivity index (χ1) is 5.96. The molecule has 0 rings (SSSR count). The summed E-state index contributed by atoms with van der Waals surface area (Å²) >= 11 is 0. The van der Waals surface area contributed by atoms with Crippen LogP contribution in [-0.4, -0.2) is 40.7 Å². The van der Waals surface area contributed by atoms with Gasteiger partial charge in [0.2, 0.25) is 10.0 Å². The van der Waals surface area contributed by atoms with Crippen molar-refractivity contribution in [3.63, 3.8) is 0 Å². The highest BCUT2D eigenvalue weighted by molar-refractivity contribution is 7.89. The molecule has 6 heteroatoms. The monoisotopic (exact) mass is 211 g/mol. The van der Waals surface area contributed by atoms with Gasteiger partial charge in [0.25, 0.3) is 0 Å². The molecule has 1 atom stereocenters. The quantitative estimate of drug-likeness (QED) is 0.625. The first-order valence-electron chi connectivity index (χ1n) is 4.02. The summed E-state index contributed by atoms with van der Waals surface area (Å²) in [6.07, 6.45) is -0.554. The van der Waals surface area contributed by atoms with Crippen molar-refractivity contribution in [2.75, 3.05) is 20.0 Å². The van der Waals surface area contributed by atoms with E-state index in [-0.39, 0.29) is 11.8 Å². The SMILES string of the molecule is CCS(=O)(=O)NC(C)C(OC)OC. The van der Waals surface area contributed by atoms with Crippen LogP contribution in [0, 0.1) is 0 Å². The lowest BCUT2D eigenvalue weighted by atomic mass is 10.3. The third kappa shape index (κ3) is 4.56. The van der Waals surface area contributed by atoms with Crippen LogP contribution < -0.4 is 4.72 Å². The van der Waals surface area contributed by atoms with Gasteiger partial charge in [0, 0.05) is 14.2 Å². The van der Waals surface area contributed by atoms with Crippen LogP contribution in [0.5, 0.6) is 0 Å². The molecular weight excluding hydrogens is 194 g/mol. The Morgan fingerprint density at radius 1 is 1.31 bits per heavy atom. The predicted molar refractivity (Wildman–Crippen MR) is 49.9 cm³/mol. The molecule has 0 saturated heterocycles. The molecule has 1 N–H and O–H groups in total. The fraction of sp³-hybridized carbons (Fsp3) is 1.00. The second-order valence-corrected chi connectivity index (χ2v) is 4.69. The fourth-order valence-corrected chi connectivity index (χ4v) is 1.77. The summed E-state index contributed by atoms with van der Waals surface area (Å²) in [6, 6.07) is -0.389. The van der Waals surface area contributed by atoms with Gasteiger partial charge in [-0.05, 0) is 13.8 Å². The van der Waals surface area contributed by atoms with Gasteiger partial charge in [0.05, 0.1) is 11.8 Å². The van der Waals surface area contributed by atoms with Gasteiger partial charge in [-0.15, -0.1) is 0 Å². The molecule has 0 aliphatic rings. The number of sulfonamides is 1. The van der Waals surface area contributed by atoms with Gasteiger partial charge in [0.1, 0.15) is 0 Å². The summed E-state index contributed by atoms with van der Waals surface area (Å²) in [5.74, 6) is 0.0531. The van der Waals surface area contributed by atoms with E-state index in [0.717, 1.165) is 0 Å². The van der Waals surface area contributed by atoms with Crippen LogP contribution >= 0.6 is 0 Å². The van der Waals surface area contributed by atoms with Gasteiger partial charge in [-0.3, -0.25) is 0 Å². The molecule has 13 heavy (non-hydrogen) atoms. The average molecular weight is 211 g/mol. The zero-order valence-corrected chi connectivity index (χ0v) is 9.22. The third-order valence-corrected chi connectivity index (χ3v) is 3.11. The molecular formula is C7H17NO4S. The van der Waals surface area contributed by atoms with Crippen LogP contribution in [-0.2, 0) is 19.5 Å². The molecule has 1 unspecified atom stereocenters. The normalized spacial score (nSPS) is 14.8. The Labute approximate surface area is 79.5 Å². The van der Waals surface area contributed by atoms with Gasteiger partial charge >= 0.3 is 0 Å². The van der Waals surface area contributed by atoms with Gasteiger partial charge in [-0.1, -0.05) is 0 Å². The Bertz CT molecular complexity index is 223. The highest BCUT2D eigenvalue weighted by atomic mass is 32.2. The molecule has 0 aliphatic heterocycles. The van der Waals surface area contributed by atoms with Crippen molar-refractivity contribution >= 4 is 10.0 Å². The van der Waals surface area contributed by atoms with Crippen LogP contribution in [0.2, 0.25) is 0 Å². The van der Waals surface area contributed by atoms with Gasteiger partial charge in [0.15, 0.2) is 6.29 Å². The summed E-state index contributed by atoms with van der Waals surface area (Å²) in [5, 5.41) is 0. The standard InChI is InChI=1S/C7H17NO4S/c1-5-13(9,10)8-6(2)7(11-3)12-4/h6-8H,5H2,1-4H3. The molecule has 0 amide bonds. The van der Waals surface area contributed by atoms with Crippen molar-refractivity contribution < 1.29 is 17.9 Å². The molecule has 0 bridgehead atoms.